The monoisotopic (exact) mass is 257 g/mol. The Morgan fingerprint density at radius 3 is 2.58 bits per heavy atom. The van der Waals surface area contributed by atoms with Crippen LogP contribution in [0.5, 0.6) is 0 Å². The maximum absolute atomic E-state index is 11.4. The first-order valence-corrected chi connectivity index (χ1v) is 6.51. The van der Waals surface area contributed by atoms with Crippen LogP contribution in [0.2, 0.25) is 0 Å². The summed E-state index contributed by atoms with van der Waals surface area (Å²) in [4.78, 5) is 13.5. The van der Waals surface area contributed by atoms with E-state index in [1.54, 1.807) is 0 Å². The van der Waals surface area contributed by atoms with Crippen molar-refractivity contribution in [2.24, 2.45) is 0 Å². The fourth-order valence-electron chi connectivity index (χ4n) is 2.62. The zero-order valence-corrected chi connectivity index (χ0v) is 10.5. The van der Waals surface area contributed by atoms with Crippen molar-refractivity contribution in [3.8, 4) is 0 Å². The van der Waals surface area contributed by atoms with Crippen LogP contribution in [0.15, 0.2) is 24.3 Å². The lowest BCUT2D eigenvalue weighted by atomic mass is 10.1. The molecular weight excluding hydrogens is 242 g/mol. The Labute approximate surface area is 110 Å². The summed E-state index contributed by atoms with van der Waals surface area (Å²) in [5.41, 5.74) is 1.52. The summed E-state index contributed by atoms with van der Waals surface area (Å²) >= 11 is 0. The largest absolute Gasteiger partial charge is 0.476 e. The van der Waals surface area contributed by atoms with E-state index >= 15 is 0 Å². The van der Waals surface area contributed by atoms with Crippen LogP contribution in [0.25, 0.3) is 10.9 Å². The molecule has 0 saturated carbocycles. The van der Waals surface area contributed by atoms with Crippen LogP contribution < -0.4 is 4.90 Å². The maximum atomic E-state index is 11.4. The summed E-state index contributed by atoms with van der Waals surface area (Å²) in [7, 11) is 0. The first kappa shape index (κ1) is 11.9. The van der Waals surface area contributed by atoms with Gasteiger partial charge in [-0.2, -0.15) is 0 Å². The molecule has 1 fully saturated rings. The van der Waals surface area contributed by atoms with Crippen LogP contribution in [0.4, 0.5) is 5.69 Å². The number of carboxylic acids is 1. The van der Waals surface area contributed by atoms with Gasteiger partial charge in [0.2, 0.25) is 0 Å². The zero-order valence-electron chi connectivity index (χ0n) is 10.5. The standard InChI is InChI=1S/C14H15N3O2/c18-14(19)12-13(17-8-4-1-5-9-17)10-6-2-3-7-11(10)15-16-12/h2-3,6-7H,1,4-5,8-9H2,(H,18,19). The Balaban J connectivity index is 2.21. The predicted molar refractivity (Wildman–Crippen MR) is 72.6 cm³/mol. The van der Waals surface area contributed by atoms with E-state index in [4.69, 9.17) is 0 Å². The number of anilines is 1. The van der Waals surface area contributed by atoms with Gasteiger partial charge in [0.05, 0.1) is 11.2 Å². The number of carbonyl (C=O) groups is 1. The summed E-state index contributed by atoms with van der Waals surface area (Å²) in [6, 6.07) is 7.57. The molecule has 1 N–H and O–H groups in total. The molecule has 0 aliphatic carbocycles. The molecule has 5 nitrogen and oxygen atoms in total. The van der Waals surface area contributed by atoms with Crippen LogP contribution in [0.3, 0.4) is 0 Å². The van der Waals surface area contributed by atoms with Crippen LogP contribution in [-0.2, 0) is 0 Å². The minimum absolute atomic E-state index is 0.0561. The van der Waals surface area contributed by atoms with Gasteiger partial charge in [0.1, 0.15) is 0 Å². The fraction of sp³-hybridized carbons (Fsp3) is 0.357. The molecule has 0 atom stereocenters. The molecule has 0 bridgehead atoms. The lowest BCUT2D eigenvalue weighted by molar-refractivity contribution is 0.0690. The molecule has 98 valence electrons. The SMILES string of the molecule is O=C(O)c1nnc2ccccc2c1N1CCCCC1. The van der Waals surface area contributed by atoms with E-state index in [1.807, 2.05) is 24.3 Å². The van der Waals surface area contributed by atoms with Gasteiger partial charge in [0, 0.05) is 18.5 Å². The topological polar surface area (TPSA) is 66.3 Å². The predicted octanol–water partition coefficient (Wildman–Crippen LogP) is 2.32. The van der Waals surface area contributed by atoms with Gasteiger partial charge >= 0.3 is 5.97 Å². The van der Waals surface area contributed by atoms with Crippen LogP contribution in [0, 0.1) is 0 Å². The molecule has 0 amide bonds. The molecule has 1 aliphatic rings. The molecule has 19 heavy (non-hydrogen) atoms. The molecule has 0 spiro atoms. The van der Waals surface area contributed by atoms with E-state index < -0.39 is 5.97 Å². The van der Waals surface area contributed by atoms with Crippen molar-refractivity contribution in [3.63, 3.8) is 0 Å². The van der Waals surface area contributed by atoms with Crippen LogP contribution in [0.1, 0.15) is 29.8 Å². The second-order valence-corrected chi connectivity index (χ2v) is 4.77. The molecular formula is C14H15N3O2. The third kappa shape index (κ3) is 2.12. The van der Waals surface area contributed by atoms with Gasteiger partial charge < -0.3 is 10.0 Å². The van der Waals surface area contributed by atoms with Crippen molar-refractivity contribution in [2.75, 3.05) is 18.0 Å². The number of benzene rings is 1. The van der Waals surface area contributed by atoms with Gasteiger partial charge in [0.15, 0.2) is 5.69 Å². The minimum Gasteiger partial charge on any atom is -0.476 e. The van der Waals surface area contributed by atoms with Gasteiger partial charge in [0.25, 0.3) is 0 Å². The highest BCUT2D eigenvalue weighted by molar-refractivity contribution is 6.02. The highest BCUT2D eigenvalue weighted by Crippen LogP contribution is 2.30. The van der Waals surface area contributed by atoms with E-state index in [-0.39, 0.29) is 5.69 Å². The summed E-state index contributed by atoms with van der Waals surface area (Å²) in [6.07, 6.45) is 3.39. The first-order chi connectivity index (χ1) is 9.27. The number of fused-ring (bicyclic) bond motifs is 1. The smallest absolute Gasteiger partial charge is 0.358 e. The Morgan fingerprint density at radius 2 is 1.84 bits per heavy atom. The zero-order chi connectivity index (χ0) is 13.2. The second-order valence-electron chi connectivity index (χ2n) is 4.77. The normalized spacial score (nSPS) is 15.7. The average Bonchev–Trinajstić information content (AvgIpc) is 2.46. The molecule has 1 aromatic carbocycles. The molecule has 1 aromatic heterocycles. The molecule has 0 radical (unpaired) electrons. The summed E-state index contributed by atoms with van der Waals surface area (Å²) in [5.74, 6) is -1.01. The van der Waals surface area contributed by atoms with Gasteiger partial charge in [-0.1, -0.05) is 18.2 Å². The minimum atomic E-state index is -1.01. The molecule has 0 unspecified atom stereocenters. The highest BCUT2D eigenvalue weighted by Gasteiger charge is 2.22. The van der Waals surface area contributed by atoms with Crippen molar-refractivity contribution in [1.82, 2.24) is 10.2 Å². The van der Waals surface area contributed by atoms with E-state index in [0.717, 1.165) is 42.5 Å². The van der Waals surface area contributed by atoms with Gasteiger partial charge in [-0.25, -0.2) is 4.79 Å². The first-order valence-electron chi connectivity index (χ1n) is 6.51. The number of aromatic carboxylic acids is 1. The molecule has 5 heteroatoms. The van der Waals surface area contributed by atoms with Gasteiger partial charge in [-0.05, 0) is 25.3 Å². The van der Waals surface area contributed by atoms with Crippen molar-refractivity contribution < 1.29 is 9.90 Å². The molecule has 2 aromatic rings. The van der Waals surface area contributed by atoms with Gasteiger partial charge in [-0.15, -0.1) is 10.2 Å². The summed E-state index contributed by atoms with van der Waals surface area (Å²) < 4.78 is 0. The Morgan fingerprint density at radius 1 is 1.11 bits per heavy atom. The molecule has 1 saturated heterocycles. The van der Waals surface area contributed by atoms with E-state index in [0.29, 0.717) is 0 Å². The number of rotatable bonds is 2. The lowest BCUT2D eigenvalue weighted by Gasteiger charge is -2.30. The number of carboxylic acid groups (broad SMARTS) is 1. The van der Waals surface area contributed by atoms with Crippen LogP contribution >= 0.6 is 0 Å². The third-order valence-corrected chi connectivity index (χ3v) is 3.52. The van der Waals surface area contributed by atoms with Crippen LogP contribution in [-0.4, -0.2) is 34.4 Å². The Hall–Kier alpha value is -2.17. The second kappa shape index (κ2) is 4.84. The van der Waals surface area contributed by atoms with Crippen molar-refractivity contribution in [3.05, 3.63) is 30.0 Å². The van der Waals surface area contributed by atoms with Crippen molar-refractivity contribution >= 4 is 22.6 Å². The van der Waals surface area contributed by atoms with E-state index in [2.05, 4.69) is 15.1 Å². The summed E-state index contributed by atoms with van der Waals surface area (Å²) in [5, 5.41) is 18.1. The number of aromatic nitrogens is 2. The molecule has 1 aliphatic heterocycles. The molecule has 2 heterocycles. The van der Waals surface area contributed by atoms with Crippen molar-refractivity contribution in [2.45, 2.75) is 19.3 Å². The summed E-state index contributed by atoms with van der Waals surface area (Å²) in [6.45, 7) is 1.77. The van der Waals surface area contributed by atoms with E-state index in [9.17, 15) is 9.90 Å². The highest BCUT2D eigenvalue weighted by atomic mass is 16.4. The number of piperidine rings is 1. The van der Waals surface area contributed by atoms with E-state index in [1.165, 1.54) is 6.42 Å². The fourth-order valence-corrected chi connectivity index (χ4v) is 2.62. The Kier molecular flexibility index (Phi) is 3.03. The number of nitrogens with zero attached hydrogens (tertiary/aromatic N) is 3. The molecule has 3 rings (SSSR count). The van der Waals surface area contributed by atoms with Gasteiger partial charge in [-0.3, -0.25) is 0 Å². The average molecular weight is 257 g/mol. The quantitative estimate of drug-likeness (QED) is 0.894. The Bertz CT molecular complexity index is 621. The lowest BCUT2D eigenvalue weighted by Crippen LogP contribution is -2.31. The number of hydrogen-bond donors (Lipinski definition) is 1. The van der Waals surface area contributed by atoms with Crippen molar-refractivity contribution in [1.29, 1.82) is 0 Å². The third-order valence-electron chi connectivity index (χ3n) is 3.52. The maximum Gasteiger partial charge on any atom is 0.358 e. The number of hydrogen-bond acceptors (Lipinski definition) is 4.